The third-order valence-corrected chi connectivity index (χ3v) is 3.72. The van der Waals surface area contributed by atoms with Gasteiger partial charge in [0.05, 0.1) is 17.5 Å². The van der Waals surface area contributed by atoms with Gasteiger partial charge in [-0.15, -0.1) is 0 Å². The molecule has 0 radical (unpaired) electrons. The summed E-state index contributed by atoms with van der Waals surface area (Å²) in [4.78, 5) is 2.41. The first-order valence-electron chi connectivity index (χ1n) is 6.52. The fourth-order valence-corrected chi connectivity index (χ4v) is 2.48. The number of nitrogens with zero attached hydrogens (tertiary/aromatic N) is 3. The Morgan fingerprint density at radius 3 is 2.88 bits per heavy atom. The average molecular weight is 237 g/mol. The Morgan fingerprint density at radius 1 is 1.53 bits per heavy atom. The quantitative estimate of drug-likeness (QED) is 0.858. The highest BCUT2D eigenvalue weighted by molar-refractivity contribution is 5.10. The van der Waals surface area contributed by atoms with Gasteiger partial charge in [0.15, 0.2) is 0 Å². The summed E-state index contributed by atoms with van der Waals surface area (Å²) in [5.41, 5.74) is 2.43. The molecule has 0 aliphatic carbocycles. The predicted molar refractivity (Wildman–Crippen MR) is 67.7 cm³/mol. The lowest BCUT2D eigenvalue weighted by atomic mass is 9.97. The summed E-state index contributed by atoms with van der Waals surface area (Å²) in [6.45, 7) is 7.16. The Morgan fingerprint density at radius 2 is 2.29 bits per heavy atom. The molecule has 4 nitrogen and oxygen atoms in total. The van der Waals surface area contributed by atoms with Crippen LogP contribution in [-0.4, -0.2) is 39.0 Å². The van der Waals surface area contributed by atoms with E-state index in [1.165, 1.54) is 5.69 Å². The molecule has 1 aromatic rings. The molecule has 2 unspecified atom stereocenters. The van der Waals surface area contributed by atoms with Gasteiger partial charge in [0, 0.05) is 26.7 Å². The molecule has 1 N–H and O–H groups in total. The summed E-state index contributed by atoms with van der Waals surface area (Å²) in [6.07, 6.45) is 1.76. The fourth-order valence-electron chi connectivity index (χ4n) is 2.48. The van der Waals surface area contributed by atoms with Crippen LogP contribution in [0.4, 0.5) is 0 Å². The lowest BCUT2D eigenvalue weighted by Gasteiger charge is -2.34. The maximum absolute atomic E-state index is 9.71. The molecule has 4 heteroatoms. The number of aliphatic hydroxyl groups excluding tert-OH is 1. The zero-order valence-corrected chi connectivity index (χ0v) is 11.1. The van der Waals surface area contributed by atoms with Gasteiger partial charge >= 0.3 is 0 Å². The van der Waals surface area contributed by atoms with Gasteiger partial charge in [-0.25, -0.2) is 0 Å². The highest BCUT2D eigenvalue weighted by Crippen LogP contribution is 2.18. The molecule has 2 atom stereocenters. The Bertz CT molecular complexity index is 375. The largest absolute Gasteiger partial charge is 0.393 e. The second-order valence-electron chi connectivity index (χ2n) is 5.17. The van der Waals surface area contributed by atoms with E-state index in [2.05, 4.69) is 29.9 Å². The molecule has 1 fully saturated rings. The zero-order chi connectivity index (χ0) is 12.4. The Labute approximate surface area is 103 Å². The highest BCUT2D eigenvalue weighted by atomic mass is 16.3. The van der Waals surface area contributed by atoms with Crippen LogP contribution in [0.3, 0.4) is 0 Å². The topological polar surface area (TPSA) is 41.3 Å². The third kappa shape index (κ3) is 2.87. The number of rotatable bonds is 3. The molecule has 96 valence electrons. The summed E-state index contributed by atoms with van der Waals surface area (Å²) in [5, 5.41) is 14.2. The minimum atomic E-state index is -0.121. The monoisotopic (exact) mass is 237 g/mol. The highest BCUT2D eigenvalue weighted by Gasteiger charge is 2.24. The van der Waals surface area contributed by atoms with Gasteiger partial charge in [0.25, 0.3) is 0 Å². The molecule has 2 rings (SSSR count). The minimum absolute atomic E-state index is 0.121. The van der Waals surface area contributed by atoms with E-state index in [4.69, 9.17) is 0 Å². The summed E-state index contributed by atoms with van der Waals surface area (Å²) in [6, 6.07) is 2.19. The van der Waals surface area contributed by atoms with Crippen molar-refractivity contribution in [1.29, 1.82) is 0 Å². The summed E-state index contributed by atoms with van der Waals surface area (Å²) in [7, 11) is 2.01. The van der Waals surface area contributed by atoms with Crippen LogP contribution in [0.15, 0.2) is 6.07 Å². The Balaban J connectivity index is 1.98. The summed E-state index contributed by atoms with van der Waals surface area (Å²) in [5.74, 6) is 0.377. The number of piperidine rings is 1. The maximum atomic E-state index is 9.71. The molecular formula is C13H23N3O. The van der Waals surface area contributed by atoms with Crippen molar-refractivity contribution in [2.24, 2.45) is 13.0 Å². The van der Waals surface area contributed by atoms with E-state index in [1.807, 2.05) is 11.7 Å². The smallest absolute Gasteiger partial charge is 0.0625 e. The van der Waals surface area contributed by atoms with Gasteiger partial charge < -0.3 is 5.11 Å². The van der Waals surface area contributed by atoms with Crippen molar-refractivity contribution in [3.63, 3.8) is 0 Å². The van der Waals surface area contributed by atoms with E-state index in [1.54, 1.807) is 0 Å². The number of aryl methyl sites for hydroxylation is 2. The summed E-state index contributed by atoms with van der Waals surface area (Å²) < 4.78 is 1.98. The molecule has 0 saturated carbocycles. The van der Waals surface area contributed by atoms with Crippen molar-refractivity contribution >= 4 is 0 Å². The average Bonchev–Trinajstić information content (AvgIpc) is 2.65. The molecule has 17 heavy (non-hydrogen) atoms. The standard InChI is InChI=1S/C13H23N3O/c1-4-11-7-12(15(3)14-11)9-16-6-5-13(17)10(2)8-16/h7,10,13,17H,4-6,8-9H2,1-3H3. The van der Waals surface area contributed by atoms with Crippen molar-refractivity contribution in [2.75, 3.05) is 13.1 Å². The second-order valence-corrected chi connectivity index (χ2v) is 5.17. The van der Waals surface area contributed by atoms with Gasteiger partial charge in [-0.05, 0) is 24.8 Å². The maximum Gasteiger partial charge on any atom is 0.0625 e. The van der Waals surface area contributed by atoms with E-state index in [-0.39, 0.29) is 6.10 Å². The fraction of sp³-hybridized carbons (Fsp3) is 0.769. The van der Waals surface area contributed by atoms with Gasteiger partial charge in [-0.2, -0.15) is 5.10 Å². The number of hydrogen-bond acceptors (Lipinski definition) is 3. The van der Waals surface area contributed by atoms with Crippen molar-refractivity contribution < 1.29 is 5.11 Å². The van der Waals surface area contributed by atoms with Crippen LogP contribution in [0.5, 0.6) is 0 Å². The van der Waals surface area contributed by atoms with Crippen molar-refractivity contribution in [3.8, 4) is 0 Å². The summed E-state index contributed by atoms with van der Waals surface area (Å²) >= 11 is 0. The second kappa shape index (κ2) is 5.19. The molecule has 2 heterocycles. The number of hydrogen-bond donors (Lipinski definition) is 1. The van der Waals surface area contributed by atoms with E-state index in [9.17, 15) is 5.11 Å². The lowest BCUT2D eigenvalue weighted by Crippen LogP contribution is -2.41. The lowest BCUT2D eigenvalue weighted by molar-refractivity contribution is 0.0311. The SMILES string of the molecule is CCc1cc(CN2CCC(O)C(C)C2)n(C)n1. The van der Waals surface area contributed by atoms with Gasteiger partial charge in [0.1, 0.15) is 0 Å². The molecule has 1 saturated heterocycles. The van der Waals surface area contributed by atoms with Crippen LogP contribution in [-0.2, 0) is 20.0 Å². The Kier molecular flexibility index (Phi) is 3.84. The van der Waals surface area contributed by atoms with Gasteiger partial charge in [0.2, 0.25) is 0 Å². The van der Waals surface area contributed by atoms with E-state index in [0.29, 0.717) is 5.92 Å². The third-order valence-electron chi connectivity index (χ3n) is 3.72. The Hall–Kier alpha value is -0.870. The van der Waals surface area contributed by atoms with E-state index >= 15 is 0 Å². The van der Waals surface area contributed by atoms with Crippen LogP contribution in [0.2, 0.25) is 0 Å². The van der Waals surface area contributed by atoms with E-state index in [0.717, 1.165) is 38.2 Å². The molecule has 1 aliphatic heterocycles. The van der Waals surface area contributed by atoms with Crippen LogP contribution in [0.25, 0.3) is 0 Å². The molecule has 0 spiro atoms. The van der Waals surface area contributed by atoms with Crippen molar-refractivity contribution in [3.05, 3.63) is 17.5 Å². The van der Waals surface area contributed by atoms with Gasteiger partial charge in [-0.1, -0.05) is 13.8 Å². The van der Waals surface area contributed by atoms with E-state index < -0.39 is 0 Å². The first kappa shape index (κ1) is 12.6. The van der Waals surface area contributed by atoms with Crippen LogP contribution in [0.1, 0.15) is 31.7 Å². The number of likely N-dealkylation sites (tertiary alicyclic amines) is 1. The molecule has 1 aromatic heterocycles. The molecule has 0 bridgehead atoms. The van der Waals surface area contributed by atoms with Crippen LogP contribution >= 0.6 is 0 Å². The van der Waals surface area contributed by atoms with Crippen LogP contribution in [0, 0.1) is 5.92 Å². The van der Waals surface area contributed by atoms with Crippen molar-refractivity contribution in [2.45, 2.75) is 39.3 Å². The first-order valence-corrected chi connectivity index (χ1v) is 6.52. The van der Waals surface area contributed by atoms with Crippen molar-refractivity contribution in [1.82, 2.24) is 14.7 Å². The molecular weight excluding hydrogens is 214 g/mol. The molecule has 1 aliphatic rings. The van der Waals surface area contributed by atoms with Gasteiger partial charge in [-0.3, -0.25) is 9.58 Å². The predicted octanol–water partition coefficient (Wildman–Crippen LogP) is 1.19. The normalized spacial score (nSPS) is 26.4. The number of aliphatic hydroxyl groups is 1. The molecule has 0 aromatic carbocycles. The minimum Gasteiger partial charge on any atom is -0.393 e. The molecule has 0 amide bonds. The zero-order valence-electron chi connectivity index (χ0n) is 11.1. The number of aromatic nitrogens is 2. The first-order chi connectivity index (χ1) is 8.10. The van der Waals surface area contributed by atoms with Crippen LogP contribution < -0.4 is 0 Å².